The van der Waals surface area contributed by atoms with Gasteiger partial charge >= 0.3 is 0 Å². The van der Waals surface area contributed by atoms with Crippen molar-refractivity contribution in [2.75, 3.05) is 0 Å². The molecule has 0 spiro atoms. The number of rotatable bonds is 2. The summed E-state index contributed by atoms with van der Waals surface area (Å²) in [6.07, 6.45) is 0. The van der Waals surface area contributed by atoms with E-state index in [4.69, 9.17) is 0 Å². The lowest BCUT2D eigenvalue weighted by Crippen LogP contribution is -2.13. The molecule has 0 fully saturated rings. The first-order valence-corrected chi connectivity index (χ1v) is 6.61. The number of aromatic hydroxyl groups is 3. The van der Waals surface area contributed by atoms with Crippen LogP contribution in [0.3, 0.4) is 0 Å². The first-order valence-electron chi connectivity index (χ1n) is 6.61. The fourth-order valence-corrected chi connectivity index (χ4v) is 2.17. The summed E-state index contributed by atoms with van der Waals surface area (Å²) in [7, 11) is 0. The summed E-state index contributed by atoms with van der Waals surface area (Å²) < 4.78 is 0. The predicted molar refractivity (Wildman–Crippen MR) is 80.0 cm³/mol. The molecule has 0 radical (unpaired) electrons. The minimum Gasteiger partial charge on any atom is -0.508 e. The van der Waals surface area contributed by atoms with E-state index in [1.165, 1.54) is 18.2 Å². The van der Waals surface area contributed by atoms with Crippen LogP contribution in [0.5, 0.6) is 17.2 Å². The maximum atomic E-state index is 12.5. The van der Waals surface area contributed by atoms with Crippen LogP contribution in [0.2, 0.25) is 0 Å². The van der Waals surface area contributed by atoms with E-state index < -0.39 is 5.78 Å². The summed E-state index contributed by atoms with van der Waals surface area (Å²) in [5, 5.41) is 29.6. The maximum absolute atomic E-state index is 12.5. The normalized spacial score (nSPS) is 11.4. The van der Waals surface area contributed by atoms with Gasteiger partial charge < -0.3 is 15.3 Å². The largest absolute Gasteiger partial charge is 0.508 e. The number of para-hydroxylation sites is 1. The lowest BCUT2D eigenvalue weighted by atomic mass is 9.84. The number of benzene rings is 2. The average Bonchev–Trinajstić information content (AvgIpc) is 2.37. The van der Waals surface area contributed by atoms with E-state index in [9.17, 15) is 20.1 Å². The molecule has 0 aliphatic heterocycles. The average molecular weight is 286 g/mol. The molecule has 0 aliphatic rings. The van der Waals surface area contributed by atoms with Crippen LogP contribution in [0.15, 0.2) is 36.4 Å². The number of carbonyl (C=O) groups excluding carboxylic acids is 1. The third-order valence-electron chi connectivity index (χ3n) is 3.32. The number of hydrogen-bond acceptors (Lipinski definition) is 4. The molecule has 110 valence electrons. The minimum atomic E-state index is -0.490. The fraction of sp³-hybridized carbons (Fsp3) is 0.235. The molecule has 4 heteroatoms. The van der Waals surface area contributed by atoms with E-state index in [0.29, 0.717) is 5.56 Å². The first-order chi connectivity index (χ1) is 9.71. The Kier molecular flexibility index (Phi) is 3.64. The molecule has 2 aromatic rings. The van der Waals surface area contributed by atoms with Gasteiger partial charge in [-0.3, -0.25) is 4.79 Å². The summed E-state index contributed by atoms with van der Waals surface area (Å²) in [4.78, 5) is 12.5. The lowest BCUT2D eigenvalue weighted by Gasteiger charge is -2.21. The van der Waals surface area contributed by atoms with Crippen molar-refractivity contribution in [3.8, 4) is 17.2 Å². The predicted octanol–water partition coefficient (Wildman–Crippen LogP) is 3.33. The summed E-state index contributed by atoms with van der Waals surface area (Å²) in [6.45, 7) is 5.69. The molecule has 0 bridgehead atoms. The number of carbonyl (C=O) groups is 1. The van der Waals surface area contributed by atoms with Gasteiger partial charge in [0.25, 0.3) is 0 Å². The number of phenols is 3. The van der Waals surface area contributed by atoms with E-state index >= 15 is 0 Å². The number of hydrogen-bond donors (Lipinski definition) is 3. The summed E-state index contributed by atoms with van der Waals surface area (Å²) in [5.74, 6) is -1.01. The Morgan fingerprint density at radius 1 is 0.857 bits per heavy atom. The van der Waals surface area contributed by atoms with Crippen LogP contribution in [0, 0.1) is 0 Å². The van der Waals surface area contributed by atoms with Crippen LogP contribution in [0.1, 0.15) is 42.3 Å². The van der Waals surface area contributed by atoms with Gasteiger partial charge in [0.15, 0.2) is 5.78 Å². The van der Waals surface area contributed by atoms with Gasteiger partial charge in [-0.05, 0) is 23.6 Å². The highest BCUT2D eigenvalue weighted by Gasteiger charge is 2.24. The van der Waals surface area contributed by atoms with Gasteiger partial charge in [-0.15, -0.1) is 0 Å². The van der Waals surface area contributed by atoms with Crippen molar-refractivity contribution >= 4 is 5.78 Å². The Bertz CT molecular complexity index is 696. The van der Waals surface area contributed by atoms with Crippen molar-refractivity contribution in [3.63, 3.8) is 0 Å². The van der Waals surface area contributed by atoms with Crippen LogP contribution in [-0.2, 0) is 5.41 Å². The topological polar surface area (TPSA) is 77.8 Å². The maximum Gasteiger partial charge on any atom is 0.200 e. The molecule has 0 saturated carbocycles. The Labute approximate surface area is 123 Å². The van der Waals surface area contributed by atoms with Crippen molar-refractivity contribution in [2.45, 2.75) is 26.2 Å². The third kappa shape index (κ3) is 2.84. The van der Waals surface area contributed by atoms with Crippen LogP contribution in [-0.4, -0.2) is 21.1 Å². The fourth-order valence-electron chi connectivity index (χ4n) is 2.17. The molecule has 0 atom stereocenters. The molecule has 0 aliphatic carbocycles. The second-order valence-electron chi connectivity index (χ2n) is 5.98. The first kappa shape index (κ1) is 14.9. The number of phenolic OH excluding ortho intramolecular Hbond substituents is 3. The van der Waals surface area contributed by atoms with Gasteiger partial charge in [0.2, 0.25) is 0 Å². The molecule has 0 saturated heterocycles. The zero-order valence-electron chi connectivity index (χ0n) is 12.2. The highest BCUT2D eigenvalue weighted by Crippen LogP contribution is 2.36. The van der Waals surface area contributed by atoms with E-state index in [0.717, 1.165) is 6.07 Å². The van der Waals surface area contributed by atoms with Gasteiger partial charge in [0, 0.05) is 11.6 Å². The summed E-state index contributed by atoms with van der Waals surface area (Å²) in [5.41, 5.74) is 0.336. The van der Waals surface area contributed by atoms with Crippen molar-refractivity contribution < 1.29 is 20.1 Å². The van der Waals surface area contributed by atoms with Crippen molar-refractivity contribution in [1.82, 2.24) is 0 Å². The van der Waals surface area contributed by atoms with Gasteiger partial charge in [0.05, 0.1) is 11.1 Å². The molecule has 0 amide bonds. The van der Waals surface area contributed by atoms with Gasteiger partial charge in [-0.25, -0.2) is 0 Å². The van der Waals surface area contributed by atoms with Crippen LogP contribution in [0.25, 0.3) is 0 Å². The van der Waals surface area contributed by atoms with Crippen LogP contribution in [0.4, 0.5) is 0 Å². The molecule has 2 aromatic carbocycles. The zero-order chi connectivity index (χ0) is 15.8. The molecular weight excluding hydrogens is 268 g/mol. The molecule has 0 unspecified atom stereocenters. The van der Waals surface area contributed by atoms with Gasteiger partial charge in [-0.2, -0.15) is 0 Å². The standard InChI is InChI=1S/C17H18O4/c1-17(2,3)12-8-11(14(19)9-15(12)20)16(21)10-6-4-5-7-13(10)18/h4-9,18-20H,1-3H3. The third-order valence-corrected chi connectivity index (χ3v) is 3.32. The highest BCUT2D eigenvalue weighted by molar-refractivity contribution is 6.12. The van der Waals surface area contributed by atoms with Crippen molar-refractivity contribution in [2.24, 2.45) is 0 Å². The van der Waals surface area contributed by atoms with Crippen molar-refractivity contribution in [1.29, 1.82) is 0 Å². The molecular formula is C17H18O4. The van der Waals surface area contributed by atoms with E-state index in [1.54, 1.807) is 12.1 Å². The van der Waals surface area contributed by atoms with Crippen LogP contribution < -0.4 is 0 Å². The summed E-state index contributed by atoms with van der Waals surface area (Å²) in [6, 6.07) is 8.78. The smallest absolute Gasteiger partial charge is 0.200 e. The van der Waals surface area contributed by atoms with Gasteiger partial charge in [0.1, 0.15) is 17.2 Å². The SMILES string of the molecule is CC(C)(C)c1cc(C(=O)c2ccccc2O)c(O)cc1O. The Balaban J connectivity index is 2.59. The Hall–Kier alpha value is -2.49. The van der Waals surface area contributed by atoms with E-state index in [-0.39, 0.29) is 33.8 Å². The van der Waals surface area contributed by atoms with Gasteiger partial charge in [-0.1, -0.05) is 32.9 Å². The molecule has 21 heavy (non-hydrogen) atoms. The molecule has 3 N–H and O–H groups in total. The molecule has 0 heterocycles. The highest BCUT2D eigenvalue weighted by atomic mass is 16.3. The molecule has 4 nitrogen and oxygen atoms in total. The second-order valence-corrected chi connectivity index (χ2v) is 5.98. The number of ketones is 1. The summed E-state index contributed by atoms with van der Waals surface area (Å²) >= 11 is 0. The molecule has 2 rings (SSSR count). The Morgan fingerprint density at radius 3 is 2.05 bits per heavy atom. The van der Waals surface area contributed by atoms with Crippen LogP contribution >= 0.6 is 0 Å². The molecule has 0 aromatic heterocycles. The van der Waals surface area contributed by atoms with E-state index in [2.05, 4.69) is 0 Å². The monoisotopic (exact) mass is 286 g/mol. The second kappa shape index (κ2) is 5.13. The lowest BCUT2D eigenvalue weighted by molar-refractivity contribution is 0.103. The minimum absolute atomic E-state index is 0.0548. The van der Waals surface area contributed by atoms with E-state index in [1.807, 2.05) is 20.8 Å². The van der Waals surface area contributed by atoms with Crippen molar-refractivity contribution in [3.05, 3.63) is 53.1 Å². The zero-order valence-corrected chi connectivity index (χ0v) is 12.2. The quantitative estimate of drug-likeness (QED) is 0.740. The Morgan fingerprint density at radius 2 is 1.48 bits per heavy atom.